The summed E-state index contributed by atoms with van der Waals surface area (Å²) in [5.41, 5.74) is -1.52. The number of hydrogen-bond acceptors (Lipinski definition) is 11. The molecule has 2 aromatic heterocycles. The van der Waals surface area contributed by atoms with Crippen LogP contribution in [0.4, 0.5) is 10.2 Å². The zero-order valence-electron chi connectivity index (χ0n) is 24.1. The number of nitrogens with one attached hydrogen (secondary N) is 2. The second kappa shape index (κ2) is 11.8. The second-order valence-corrected chi connectivity index (χ2v) is 12.7. The van der Waals surface area contributed by atoms with Gasteiger partial charge in [0, 0.05) is 6.04 Å². The quantitative estimate of drug-likeness (QED) is 0.202. The number of alkyl halides is 1. The van der Waals surface area contributed by atoms with Gasteiger partial charge in [-0.25, -0.2) is 23.9 Å². The molecule has 42 heavy (non-hydrogen) atoms. The second-order valence-electron chi connectivity index (χ2n) is 11.0. The molecule has 1 saturated heterocycles. The van der Waals surface area contributed by atoms with Crippen LogP contribution in [-0.2, 0) is 23.4 Å². The average molecular weight is 607 g/mol. The van der Waals surface area contributed by atoms with E-state index in [9.17, 15) is 14.5 Å². The number of fused-ring (bicyclic) bond motifs is 1. The third-order valence-corrected chi connectivity index (χ3v) is 8.50. The van der Waals surface area contributed by atoms with Crippen LogP contribution in [0.3, 0.4) is 0 Å². The number of imidazole rings is 1. The van der Waals surface area contributed by atoms with E-state index in [4.69, 9.17) is 18.5 Å². The molecule has 2 fully saturated rings. The van der Waals surface area contributed by atoms with E-state index in [0.717, 1.165) is 12.8 Å². The molecule has 5 rings (SSSR count). The van der Waals surface area contributed by atoms with Gasteiger partial charge < -0.3 is 24.4 Å². The number of rotatable bonds is 12. The summed E-state index contributed by atoms with van der Waals surface area (Å²) in [5.74, 6) is 0.544. The van der Waals surface area contributed by atoms with Gasteiger partial charge in [-0.2, -0.15) is 5.09 Å². The summed E-state index contributed by atoms with van der Waals surface area (Å²) >= 11 is 0. The van der Waals surface area contributed by atoms with Gasteiger partial charge in [-0.1, -0.05) is 18.2 Å². The highest BCUT2D eigenvalue weighted by Gasteiger charge is 2.56. The third-order valence-electron chi connectivity index (χ3n) is 6.86. The first kappa shape index (κ1) is 30.3. The average Bonchev–Trinajstić information content (AvgIpc) is 3.59. The number of aryl methyl sites for hydroxylation is 1. The van der Waals surface area contributed by atoms with Crippen molar-refractivity contribution >= 4 is 30.7 Å². The molecule has 13 nitrogen and oxygen atoms in total. The summed E-state index contributed by atoms with van der Waals surface area (Å²) in [6.07, 6.45) is -1.23. The van der Waals surface area contributed by atoms with E-state index in [1.165, 1.54) is 24.7 Å². The summed E-state index contributed by atoms with van der Waals surface area (Å²) in [6.45, 7) is 7.21. The molecule has 3 N–H and O–H groups in total. The van der Waals surface area contributed by atoms with E-state index < -0.39 is 56.6 Å². The maximum absolute atomic E-state index is 16.1. The van der Waals surface area contributed by atoms with Crippen molar-refractivity contribution in [1.29, 1.82) is 0 Å². The van der Waals surface area contributed by atoms with Crippen LogP contribution in [0.15, 0.2) is 36.7 Å². The van der Waals surface area contributed by atoms with Crippen molar-refractivity contribution < 1.29 is 37.4 Å². The molecular weight excluding hydrogens is 570 g/mol. The Kier molecular flexibility index (Phi) is 8.55. The molecule has 0 unspecified atom stereocenters. The molecule has 1 aliphatic carbocycles. The molecular formula is C27H36FN6O7P. The lowest BCUT2D eigenvalue weighted by Crippen LogP contribution is -2.41. The van der Waals surface area contributed by atoms with E-state index in [1.54, 1.807) is 51.1 Å². The maximum Gasteiger partial charge on any atom is 0.459 e. The Labute approximate surface area is 242 Å². The molecule has 15 heteroatoms. The molecule has 3 aromatic rings. The maximum atomic E-state index is 16.1. The number of aromatic nitrogens is 4. The Morgan fingerprint density at radius 1 is 1.26 bits per heavy atom. The Balaban J connectivity index is 1.36. The van der Waals surface area contributed by atoms with E-state index in [1.807, 2.05) is 0 Å². The first-order chi connectivity index (χ1) is 19.9. The molecule has 1 saturated carbocycles. The minimum atomic E-state index is -4.27. The molecule has 0 spiro atoms. The first-order valence-electron chi connectivity index (χ1n) is 13.8. The van der Waals surface area contributed by atoms with E-state index in [2.05, 4.69) is 25.4 Å². The molecule has 1 aromatic carbocycles. The van der Waals surface area contributed by atoms with Crippen LogP contribution in [0, 0.1) is 6.92 Å². The number of aliphatic hydroxyl groups excluding tert-OH is 1. The highest BCUT2D eigenvalue weighted by Crippen LogP contribution is 2.48. The number of carbonyl (C=O) groups is 1. The standard InChI is InChI=1S/C27H36FN6O7P/c1-15(2)39-25(36)16(3)33-42(37,41-19-9-7-6-8-10-19)38-13-20-22(35)27(5,28)26(40-20)34-14-29-21-23(32-18-11-12-18)30-17(4)31-24(21)34/h6-10,14-16,18,20,22,26,35H,11-13H2,1-5H3,(H,33,37)(H,30,31,32)/t16-,20+,22+,26+,27+,42+/m0/s1. The summed E-state index contributed by atoms with van der Waals surface area (Å²) in [5, 5.41) is 16.9. The Hall–Kier alpha value is -3.16. The summed E-state index contributed by atoms with van der Waals surface area (Å²) < 4.78 is 53.8. The molecule has 2 aliphatic rings. The number of aliphatic hydroxyl groups is 1. The van der Waals surface area contributed by atoms with E-state index >= 15 is 4.39 Å². The van der Waals surface area contributed by atoms with Crippen molar-refractivity contribution in [2.24, 2.45) is 0 Å². The molecule has 0 bridgehead atoms. The highest BCUT2D eigenvalue weighted by atomic mass is 31.2. The topological polar surface area (TPSA) is 159 Å². The van der Waals surface area contributed by atoms with E-state index in [0.29, 0.717) is 28.8 Å². The van der Waals surface area contributed by atoms with Gasteiger partial charge in [0.25, 0.3) is 0 Å². The number of carbonyl (C=O) groups excluding carboxylic acids is 1. The van der Waals surface area contributed by atoms with Crippen molar-refractivity contribution in [3.05, 3.63) is 42.5 Å². The molecule has 3 heterocycles. The number of benzene rings is 1. The smallest absolute Gasteiger partial charge is 0.459 e. The monoisotopic (exact) mass is 606 g/mol. The third kappa shape index (κ3) is 6.57. The van der Waals surface area contributed by atoms with Gasteiger partial charge in [0.05, 0.1) is 19.0 Å². The number of esters is 1. The number of nitrogens with zero attached hydrogens (tertiary/aromatic N) is 4. The minimum Gasteiger partial charge on any atom is -0.462 e. The molecule has 6 atom stereocenters. The molecule has 228 valence electrons. The summed E-state index contributed by atoms with van der Waals surface area (Å²) in [6, 6.07) is 7.44. The largest absolute Gasteiger partial charge is 0.462 e. The van der Waals surface area contributed by atoms with Crippen LogP contribution in [0.5, 0.6) is 5.75 Å². The SMILES string of the molecule is Cc1nc(NC2CC2)c2ncn([C@@H]3O[C@H](CO[P@](=O)(N[C@@H](C)C(=O)OC(C)C)Oc4ccccc4)[C@@H](O)[C@@]3(C)F)c2n1. The lowest BCUT2D eigenvalue weighted by Gasteiger charge is -2.25. The van der Waals surface area contributed by atoms with Crippen LogP contribution in [-0.4, -0.2) is 73.3 Å². The van der Waals surface area contributed by atoms with Crippen LogP contribution in [0.2, 0.25) is 0 Å². The Bertz CT molecular complexity index is 1470. The predicted molar refractivity (Wildman–Crippen MR) is 151 cm³/mol. The van der Waals surface area contributed by atoms with Crippen LogP contribution >= 0.6 is 7.75 Å². The lowest BCUT2D eigenvalue weighted by atomic mass is 9.98. The van der Waals surface area contributed by atoms with Crippen molar-refractivity contribution in [3.63, 3.8) is 0 Å². The normalized spacial score (nSPS) is 26.2. The molecule has 0 amide bonds. The van der Waals surface area contributed by atoms with Gasteiger partial charge in [0.1, 0.15) is 29.8 Å². The van der Waals surface area contributed by atoms with Crippen LogP contribution in [0.25, 0.3) is 11.2 Å². The zero-order valence-corrected chi connectivity index (χ0v) is 25.0. The van der Waals surface area contributed by atoms with Gasteiger partial charge in [0.15, 0.2) is 28.9 Å². The predicted octanol–water partition coefficient (Wildman–Crippen LogP) is 3.83. The van der Waals surface area contributed by atoms with Crippen molar-refractivity contribution in [1.82, 2.24) is 24.6 Å². The number of anilines is 1. The van der Waals surface area contributed by atoms with Crippen molar-refractivity contribution in [2.45, 2.75) is 89.8 Å². The van der Waals surface area contributed by atoms with E-state index in [-0.39, 0.29) is 5.75 Å². The van der Waals surface area contributed by atoms with Gasteiger partial charge >= 0.3 is 13.7 Å². The van der Waals surface area contributed by atoms with Gasteiger partial charge in [0.2, 0.25) is 0 Å². The van der Waals surface area contributed by atoms with Gasteiger partial charge in [-0.05, 0) is 59.6 Å². The van der Waals surface area contributed by atoms with Crippen LogP contribution < -0.4 is 14.9 Å². The number of para-hydroxylation sites is 1. The van der Waals surface area contributed by atoms with Crippen LogP contribution in [0.1, 0.15) is 52.6 Å². The lowest BCUT2D eigenvalue weighted by molar-refractivity contribution is -0.149. The zero-order chi connectivity index (χ0) is 30.2. The first-order valence-corrected chi connectivity index (χ1v) is 15.4. The number of hydrogen-bond donors (Lipinski definition) is 3. The number of halogens is 1. The Morgan fingerprint density at radius 2 is 1.98 bits per heavy atom. The number of ether oxygens (including phenoxy) is 2. The molecule has 0 radical (unpaired) electrons. The summed E-state index contributed by atoms with van der Waals surface area (Å²) in [4.78, 5) is 25.7. The van der Waals surface area contributed by atoms with Gasteiger partial charge in [-0.3, -0.25) is 13.9 Å². The fraction of sp³-hybridized carbons (Fsp3) is 0.556. The highest BCUT2D eigenvalue weighted by molar-refractivity contribution is 7.52. The van der Waals surface area contributed by atoms with Crippen molar-refractivity contribution in [2.75, 3.05) is 11.9 Å². The minimum absolute atomic E-state index is 0.203. The Morgan fingerprint density at radius 3 is 2.64 bits per heavy atom. The fourth-order valence-corrected chi connectivity index (χ4v) is 6.08. The fourth-order valence-electron chi connectivity index (χ4n) is 4.58. The molecule has 1 aliphatic heterocycles. The summed E-state index contributed by atoms with van der Waals surface area (Å²) in [7, 11) is -4.27. The van der Waals surface area contributed by atoms with Crippen molar-refractivity contribution in [3.8, 4) is 5.75 Å². The van der Waals surface area contributed by atoms with Gasteiger partial charge in [-0.15, -0.1) is 0 Å².